The molecule has 1 rings (SSSR count). The Morgan fingerprint density at radius 1 is 1.00 bits per heavy atom. The van der Waals surface area contributed by atoms with E-state index < -0.39 is 0 Å². The molecule has 84 valence electrons. The van der Waals surface area contributed by atoms with Crippen molar-refractivity contribution < 1.29 is 0 Å². The van der Waals surface area contributed by atoms with Gasteiger partial charge in [0.15, 0.2) is 0 Å². The van der Waals surface area contributed by atoms with Crippen LogP contribution in [0.15, 0.2) is 24.3 Å². The number of hydrogen-bond donors (Lipinski definition) is 1. The van der Waals surface area contributed by atoms with E-state index in [1.54, 1.807) is 0 Å². The van der Waals surface area contributed by atoms with Gasteiger partial charge in [0.1, 0.15) is 0 Å². The van der Waals surface area contributed by atoms with Crippen LogP contribution in [0.1, 0.15) is 33.1 Å². The van der Waals surface area contributed by atoms with Gasteiger partial charge in [-0.05, 0) is 37.1 Å². The number of anilines is 2. The molecule has 0 aliphatic heterocycles. The quantitative estimate of drug-likeness (QED) is 0.724. The third kappa shape index (κ3) is 3.82. The SMILES string of the molecule is CCCCN(CCC)c1ccc(N)cc1. The van der Waals surface area contributed by atoms with Crippen LogP contribution in [0.4, 0.5) is 11.4 Å². The standard InChI is InChI=1S/C13H22N2/c1-3-5-11-15(10-4-2)13-8-6-12(14)7-9-13/h6-9H,3-5,10-11,14H2,1-2H3. The molecule has 0 saturated carbocycles. The van der Waals surface area contributed by atoms with Crippen molar-refractivity contribution in [2.75, 3.05) is 23.7 Å². The summed E-state index contributed by atoms with van der Waals surface area (Å²) in [4.78, 5) is 2.43. The monoisotopic (exact) mass is 206 g/mol. The summed E-state index contributed by atoms with van der Waals surface area (Å²) in [6.45, 7) is 6.72. The molecule has 0 spiro atoms. The van der Waals surface area contributed by atoms with E-state index >= 15 is 0 Å². The fraction of sp³-hybridized carbons (Fsp3) is 0.538. The molecule has 0 aliphatic carbocycles. The van der Waals surface area contributed by atoms with Gasteiger partial charge in [-0.2, -0.15) is 0 Å². The summed E-state index contributed by atoms with van der Waals surface area (Å²) < 4.78 is 0. The molecule has 0 unspecified atom stereocenters. The highest BCUT2D eigenvalue weighted by molar-refractivity contribution is 5.53. The van der Waals surface area contributed by atoms with Crippen LogP contribution in [-0.4, -0.2) is 13.1 Å². The van der Waals surface area contributed by atoms with Crippen LogP contribution in [0.3, 0.4) is 0 Å². The molecule has 0 radical (unpaired) electrons. The number of hydrogen-bond acceptors (Lipinski definition) is 2. The molecule has 1 aromatic rings. The first-order valence-electron chi connectivity index (χ1n) is 5.88. The molecule has 0 amide bonds. The first-order chi connectivity index (χ1) is 7.27. The van der Waals surface area contributed by atoms with Gasteiger partial charge in [-0.1, -0.05) is 20.3 Å². The number of rotatable bonds is 6. The average Bonchev–Trinajstić information content (AvgIpc) is 2.25. The van der Waals surface area contributed by atoms with Gasteiger partial charge in [0, 0.05) is 24.5 Å². The molecule has 0 saturated heterocycles. The second kappa shape index (κ2) is 6.33. The van der Waals surface area contributed by atoms with Crippen molar-refractivity contribution in [3.05, 3.63) is 24.3 Å². The highest BCUT2D eigenvalue weighted by atomic mass is 15.1. The fourth-order valence-electron chi connectivity index (χ4n) is 1.67. The van der Waals surface area contributed by atoms with Crippen LogP contribution in [0.2, 0.25) is 0 Å². The molecule has 2 heteroatoms. The Balaban J connectivity index is 2.65. The predicted octanol–water partition coefficient (Wildman–Crippen LogP) is 3.29. The summed E-state index contributed by atoms with van der Waals surface area (Å²) >= 11 is 0. The lowest BCUT2D eigenvalue weighted by molar-refractivity contribution is 0.704. The molecular formula is C13H22N2. The van der Waals surface area contributed by atoms with Crippen molar-refractivity contribution >= 4 is 11.4 Å². The number of nitrogen functional groups attached to an aromatic ring is 1. The van der Waals surface area contributed by atoms with Crippen LogP contribution < -0.4 is 10.6 Å². The van der Waals surface area contributed by atoms with Crippen LogP contribution in [0.5, 0.6) is 0 Å². The van der Waals surface area contributed by atoms with Crippen molar-refractivity contribution in [3.8, 4) is 0 Å². The molecular weight excluding hydrogens is 184 g/mol. The zero-order chi connectivity index (χ0) is 11.1. The van der Waals surface area contributed by atoms with E-state index in [2.05, 4.69) is 30.9 Å². The Hall–Kier alpha value is -1.18. The summed E-state index contributed by atoms with van der Waals surface area (Å²) in [7, 11) is 0. The zero-order valence-corrected chi connectivity index (χ0v) is 9.87. The van der Waals surface area contributed by atoms with E-state index in [1.165, 1.54) is 24.9 Å². The molecule has 0 aliphatic rings. The van der Waals surface area contributed by atoms with Gasteiger partial charge >= 0.3 is 0 Å². The van der Waals surface area contributed by atoms with E-state index in [4.69, 9.17) is 5.73 Å². The number of nitrogens with two attached hydrogens (primary N) is 1. The van der Waals surface area contributed by atoms with Gasteiger partial charge < -0.3 is 10.6 Å². The third-order valence-corrected chi connectivity index (χ3v) is 2.53. The maximum Gasteiger partial charge on any atom is 0.0367 e. The Labute approximate surface area is 93.1 Å². The van der Waals surface area contributed by atoms with E-state index in [9.17, 15) is 0 Å². The lowest BCUT2D eigenvalue weighted by atomic mass is 10.2. The minimum atomic E-state index is 0.839. The average molecular weight is 206 g/mol. The summed E-state index contributed by atoms with van der Waals surface area (Å²) in [5.41, 5.74) is 7.81. The lowest BCUT2D eigenvalue weighted by Gasteiger charge is -2.24. The van der Waals surface area contributed by atoms with Gasteiger partial charge in [-0.3, -0.25) is 0 Å². The Kier molecular flexibility index (Phi) is 5.02. The lowest BCUT2D eigenvalue weighted by Crippen LogP contribution is -2.25. The first kappa shape index (κ1) is 11.9. The summed E-state index contributed by atoms with van der Waals surface area (Å²) in [6, 6.07) is 8.18. The smallest absolute Gasteiger partial charge is 0.0367 e. The second-order valence-corrected chi connectivity index (χ2v) is 3.93. The molecule has 0 aromatic heterocycles. The summed E-state index contributed by atoms with van der Waals surface area (Å²) in [6.07, 6.45) is 3.69. The minimum Gasteiger partial charge on any atom is -0.399 e. The fourth-order valence-corrected chi connectivity index (χ4v) is 1.67. The molecule has 0 atom stereocenters. The van der Waals surface area contributed by atoms with E-state index in [1.807, 2.05) is 12.1 Å². The summed E-state index contributed by atoms with van der Waals surface area (Å²) in [5.74, 6) is 0. The predicted molar refractivity (Wildman–Crippen MR) is 68.3 cm³/mol. The minimum absolute atomic E-state index is 0.839. The van der Waals surface area contributed by atoms with E-state index in [0.717, 1.165) is 18.8 Å². The topological polar surface area (TPSA) is 29.3 Å². The normalized spacial score (nSPS) is 10.3. The van der Waals surface area contributed by atoms with Crippen LogP contribution in [0, 0.1) is 0 Å². The van der Waals surface area contributed by atoms with E-state index in [-0.39, 0.29) is 0 Å². The Morgan fingerprint density at radius 2 is 1.67 bits per heavy atom. The molecule has 15 heavy (non-hydrogen) atoms. The second-order valence-electron chi connectivity index (χ2n) is 3.93. The van der Waals surface area contributed by atoms with Crippen molar-refractivity contribution in [3.63, 3.8) is 0 Å². The maximum absolute atomic E-state index is 5.68. The maximum atomic E-state index is 5.68. The third-order valence-electron chi connectivity index (χ3n) is 2.53. The van der Waals surface area contributed by atoms with E-state index in [0.29, 0.717) is 0 Å². The molecule has 0 heterocycles. The van der Waals surface area contributed by atoms with Gasteiger partial charge in [-0.15, -0.1) is 0 Å². The van der Waals surface area contributed by atoms with Gasteiger partial charge in [0.05, 0.1) is 0 Å². The van der Waals surface area contributed by atoms with Crippen molar-refractivity contribution in [2.24, 2.45) is 0 Å². The molecule has 2 N–H and O–H groups in total. The molecule has 1 aromatic carbocycles. The first-order valence-corrected chi connectivity index (χ1v) is 5.88. The number of nitrogens with zero attached hydrogens (tertiary/aromatic N) is 1. The Morgan fingerprint density at radius 3 is 2.20 bits per heavy atom. The van der Waals surface area contributed by atoms with Crippen molar-refractivity contribution in [1.29, 1.82) is 0 Å². The van der Waals surface area contributed by atoms with Gasteiger partial charge in [0.25, 0.3) is 0 Å². The van der Waals surface area contributed by atoms with Crippen molar-refractivity contribution in [1.82, 2.24) is 0 Å². The highest BCUT2D eigenvalue weighted by Gasteiger charge is 2.03. The number of unbranched alkanes of at least 4 members (excludes halogenated alkanes) is 1. The molecule has 2 nitrogen and oxygen atoms in total. The van der Waals surface area contributed by atoms with Crippen molar-refractivity contribution in [2.45, 2.75) is 33.1 Å². The van der Waals surface area contributed by atoms with Crippen LogP contribution in [-0.2, 0) is 0 Å². The Bertz CT molecular complexity index is 266. The van der Waals surface area contributed by atoms with Crippen LogP contribution in [0.25, 0.3) is 0 Å². The molecule has 0 fully saturated rings. The van der Waals surface area contributed by atoms with Crippen LogP contribution >= 0.6 is 0 Å². The summed E-state index contributed by atoms with van der Waals surface area (Å²) in [5, 5.41) is 0. The highest BCUT2D eigenvalue weighted by Crippen LogP contribution is 2.17. The molecule has 0 bridgehead atoms. The van der Waals surface area contributed by atoms with Gasteiger partial charge in [0.2, 0.25) is 0 Å². The largest absolute Gasteiger partial charge is 0.399 e. The zero-order valence-electron chi connectivity index (χ0n) is 9.87. The van der Waals surface area contributed by atoms with Gasteiger partial charge in [-0.25, -0.2) is 0 Å². The number of benzene rings is 1.